The minimum Gasteiger partial charge on any atom is -0.378 e. The predicted octanol–water partition coefficient (Wildman–Crippen LogP) is 2.74. The summed E-state index contributed by atoms with van der Waals surface area (Å²) in [5, 5.41) is 3.76. The van der Waals surface area contributed by atoms with Crippen molar-refractivity contribution >= 4 is 0 Å². The molecule has 1 N–H and O–H groups in total. The Kier molecular flexibility index (Phi) is 5.93. The molecule has 0 aromatic carbocycles. The highest BCUT2D eigenvalue weighted by Gasteiger charge is 2.28. The first-order valence-electron chi connectivity index (χ1n) is 7.80. The number of hydrogen-bond donors (Lipinski definition) is 1. The first-order valence-corrected chi connectivity index (χ1v) is 7.80. The standard InChI is InChI=1S/C15H29NO2/c1-3-5-14-10-13(7-9-17-14)16-11-12-6-8-18-15(12)4-2/h12-16H,3-11H2,1-2H3. The molecular weight excluding hydrogens is 226 g/mol. The summed E-state index contributed by atoms with van der Waals surface area (Å²) in [6.45, 7) is 7.48. The van der Waals surface area contributed by atoms with Gasteiger partial charge in [0, 0.05) is 25.8 Å². The van der Waals surface area contributed by atoms with Gasteiger partial charge in [0.25, 0.3) is 0 Å². The number of nitrogens with one attached hydrogen (secondary N) is 1. The summed E-state index contributed by atoms with van der Waals surface area (Å²) in [6.07, 6.45) is 8.16. The normalized spacial score (nSPS) is 37.0. The minimum absolute atomic E-state index is 0.489. The zero-order chi connectivity index (χ0) is 12.8. The minimum atomic E-state index is 0.489. The van der Waals surface area contributed by atoms with Crippen LogP contribution in [0.15, 0.2) is 0 Å². The number of hydrogen-bond acceptors (Lipinski definition) is 3. The first kappa shape index (κ1) is 14.3. The lowest BCUT2D eigenvalue weighted by atomic mass is 9.96. The maximum absolute atomic E-state index is 5.80. The average Bonchev–Trinajstić information content (AvgIpc) is 2.84. The molecule has 0 aliphatic carbocycles. The SMILES string of the molecule is CCCC1CC(NCC2CCOC2CC)CCO1. The van der Waals surface area contributed by atoms with Crippen molar-refractivity contribution in [2.24, 2.45) is 5.92 Å². The van der Waals surface area contributed by atoms with Crippen LogP contribution in [0.3, 0.4) is 0 Å². The Balaban J connectivity index is 1.69. The van der Waals surface area contributed by atoms with Gasteiger partial charge in [-0.2, -0.15) is 0 Å². The van der Waals surface area contributed by atoms with Crippen molar-refractivity contribution in [1.82, 2.24) is 5.32 Å². The Morgan fingerprint density at radius 2 is 1.94 bits per heavy atom. The van der Waals surface area contributed by atoms with Gasteiger partial charge in [0.1, 0.15) is 0 Å². The summed E-state index contributed by atoms with van der Waals surface area (Å²) in [5.74, 6) is 0.725. The molecule has 2 rings (SSSR count). The summed E-state index contributed by atoms with van der Waals surface area (Å²) in [4.78, 5) is 0. The van der Waals surface area contributed by atoms with E-state index in [1.807, 2.05) is 0 Å². The molecule has 0 aromatic rings. The van der Waals surface area contributed by atoms with E-state index in [1.54, 1.807) is 0 Å². The summed E-state index contributed by atoms with van der Waals surface area (Å²) in [6, 6.07) is 0.661. The van der Waals surface area contributed by atoms with Crippen LogP contribution in [0.5, 0.6) is 0 Å². The van der Waals surface area contributed by atoms with Gasteiger partial charge >= 0.3 is 0 Å². The summed E-state index contributed by atoms with van der Waals surface area (Å²) in [5.41, 5.74) is 0. The maximum Gasteiger partial charge on any atom is 0.0613 e. The molecule has 0 radical (unpaired) electrons. The maximum atomic E-state index is 5.80. The molecule has 18 heavy (non-hydrogen) atoms. The van der Waals surface area contributed by atoms with Crippen molar-refractivity contribution in [3.8, 4) is 0 Å². The fourth-order valence-electron chi connectivity index (χ4n) is 3.28. The molecule has 3 nitrogen and oxygen atoms in total. The van der Waals surface area contributed by atoms with Crippen LogP contribution in [0.2, 0.25) is 0 Å². The topological polar surface area (TPSA) is 30.5 Å². The average molecular weight is 255 g/mol. The fraction of sp³-hybridized carbons (Fsp3) is 1.00. The van der Waals surface area contributed by atoms with Crippen molar-refractivity contribution in [1.29, 1.82) is 0 Å². The molecule has 0 amide bonds. The van der Waals surface area contributed by atoms with Crippen molar-refractivity contribution in [2.45, 2.75) is 70.6 Å². The summed E-state index contributed by atoms with van der Waals surface area (Å²) < 4.78 is 11.5. The fourth-order valence-corrected chi connectivity index (χ4v) is 3.28. The molecule has 3 heteroatoms. The molecule has 2 aliphatic rings. The second kappa shape index (κ2) is 7.46. The van der Waals surface area contributed by atoms with Gasteiger partial charge in [-0.25, -0.2) is 0 Å². The van der Waals surface area contributed by atoms with E-state index in [-0.39, 0.29) is 0 Å². The molecule has 2 saturated heterocycles. The smallest absolute Gasteiger partial charge is 0.0613 e. The third-order valence-electron chi connectivity index (χ3n) is 4.40. The van der Waals surface area contributed by atoms with Crippen LogP contribution < -0.4 is 5.32 Å². The van der Waals surface area contributed by atoms with E-state index in [2.05, 4.69) is 19.2 Å². The molecule has 0 bridgehead atoms. The van der Waals surface area contributed by atoms with E-state index in [1.165, 1.54) is 32.1 Å². The van der Waals surface area contributed by atoms with Gasteiger partial charge in [0.2, 0.25) is 0 Å². The second-order valence-electron chi connectivity index (χ2n) is 5.78. The molecule has 2 heterocycles. The van der Waals surface area contributed by atoms with Crippen LogP contribution in [0.25, 0.3) is 0 Å². The molecule has 0 saturated carbocycles. The molecule has 106 valence electrons. The monoisotopic (exact) mass is 255 g/mol. The van der Waals surface area contributed by atoms with E-state index in [4.69, 9.17) is 9.47 Å². The van der Waals surface area contributed by atoms with Crippen molar-refractivity contribution in [3.63, 3.8) is 0 Å². The third-order valence-corrected chi connectivity index (χ3v) is 4.40. The van der Waals surface area contributed by atoms with Crippen LogP contribution in [0.4, 0.5) is 0 Å². The quantitative estimate of drug-likeness (QED) is 0.791. The summed E-state index contributed by atoms with van der Waals surface area (Å²) in [7, 11) is 0. The Labute approximate surface area is 112 Å². The van der Waals surface area contributed by atoms with Gasteiger partial charge < -0.3 is 14.8 Å². The highest BCUT2D eigenvalue weighted by Crippen LogP contribution is 2.24. The van der Waals surface area contributed by atoms with Crippen LogP contribution in [0.1, 0.15) is 52.4 Å². The molecule has 2 aliphatic heterocycles. The molecular formula is C15H29NO2. The van der Waals surface area contributed by atoms with Gasteiger partial charge in [0.15, 0.2) is 0 Å². The lowest BCUT2D eigenvalue weighted by Crippen LogP contribution is -2.42. The van der Waals surface area contributed by atoms with E-state index >= 15 is 0 Å². The molecule has 2 fully saturated rings. The lowest BCUT2D eigenvalue weighted by molar-refractivity contribution is -0.00441. The van der Waals surface area contributed by atoms with Gasteiger partial charge in [-0.3, -0.25) is 0 Å². The van der Waals surface area contributed by atoms with Crippen LogP contribution in [0, 0.1) is 5.92 Å². The highest BCUT2D eigenvalue weighted by atomic mass is 16.5. The van der Waals surface area contributed by atoms with E-state index in [0.29, 0.717) is 18.2 Å². The van der Waals surface area contributed by atoms with Crippen molar-refractivity contribution in [3.05, 3.63) is 0 Å². The summed E-state index contributed by atoms with van der Waals surface area (Å²) >= 11 is 0. The third kappa shape index (κ3) is 3.94. The van der Waals surface area contributed by atoms with Gasteiger partial charge in [-0.05, 0) is 38.0 Å². The van der Waals surface area contributed by atoms with E-state index in [0.717, 1.165) is 32.1 Å². The first-order chi connectivity index (χ1) is 8.83. The second-order valence-corrected chi connectivity index (χ2v) is 5.78. The lowest BCUT2D eigenvalue weighted by Gasteiger charge is -2.31. The zero-order valence-electron chi connectivity index (χ0n) is 12.0. The van der Waals surface area contributed by atoms with Crippen LogP contribution in [-0.2, 0) is 9.47 Å². The predicted molar refractivity (Wildman–Crippen MR) is 73.8 cm³/mol. The zero-order valence-corrected chi connectivity index (χ0v) is 12.0. The molecule has 4 atom stereocenters. The van der Waals surface area contributed by atoms with Gasteiger partial charge in [-0.1, -0.05) is 20.3 Å². The Morgan fingerprint density at radius 1 is 1.11 bits per heavy atom. The van der Waals surface area contributed by atoms with E-state index in [9.17, 15) is 0 Å². The number of rotatable bonds is 6. The number of ether oxygens (including phenoxy) is 2. The molecule has 0 spiro atoms. The molecule has 4 unspecified atom stereocenters. The van der Waals surface area contributed by atoms with Gasteiger partial charge in [0.05, 0.1) is 12.2 Å². The van der Waals surface area contributed by atoms with Crippen molar-refractivity contribution in [2.75, 3.05) is 19.8 Å². The largest absolute Gasteiger partial charge is 0.378 e. The van der Waals surface area contributed by atoms with Crippen LogP contribution >= 0.6 is 0 Å². The Hall–Kier alpha value is -0.120. The molecule has 0 aromatic heterocycles. The Bertz CT molecular complexity index is 233. The Morgan fingerprint density at radius 3 is 2.72 bits per heavy atom. The van der Waals surface area contributed by atoms with E-state index < -0.39 is 0 Å². The highest BCUT2D eigenvalue weighted by molar-refractivity contribution is 4.81. The van der Waals surface area contributed by atoms with Crippen molar-refractivity contribution < 1.29 is 9.47 Å². The van der Waals surface area contributed by atoms with Crippen LogP contribution in [-0.4, -0.2) is 38.0 Å². The van der Waals surface area contributed by atoms with Gasteiger partial charge in [-0.15, -0.1) is 0 Å².